The zero-order chi connectivity index (χ0) is 14.8. The molecule has 0 radical (unpaired) electrons. The van der Waals surface area contributed by atoms with E-state index < -0.39 is 10.2 Å². The summed E-state index contributed by atoms with van der Waals surface area (Å²) in [6.45, 7) is 4.53. The van der Waals surface area contributed by atoms with Crippen molar-refractivity contribution >= 4 is 21.6 Å². The standard InChI is InChI=1S/C14H23N3O2S/c1-10-5-3-6-11(2)14(10)16-12-7-4-8-13(9-12)17-20(15,18)19/h4,7-11,14,16-17H,3,5-6H2,1-2H3,(H2,15,18,19). The molecule has 1 aliphatic rings. The maximum Gasteiger partial charge on any atom is 0.296 e. The average Bonchev–Trinajstić information content (AvgIpc) is 2.32. The van der Waals surface area contributed by atoms with Gasteiger partial charge in [0.1, 0.15) is 0 Å². The summed E-state index contributed by atoms with van der Waals surface area (Å²) in [5, 5.41) is 8.52. The third-order valence-corrected chi connectivity index (χ3v) is 4.52. The number of rotatable bonds is 4. The quantitative estimate of drug-likeness (QED) is 0.798. The van der Waals surface area contributed by atoms with Crippen LogP contribution in [-0.4, -0.2) is 14.5 Å². The van der Waals surface area contributed by atoms with Gasteiger partial charge in [-0.1, -0.05) is 26.3 Å². The first-order valence-electron chi connectivity index (χ1n) is 7.02. The van der Waals surface area contributed by atoms with Crippen LogP contribution in [0.25, 0.3) is 0 Å². The SMILES string of the molecule is CC1CCCC(C)C1Nc1cccc(NS(N)(=O)=O)c1. The Balaban J connectivity index is 2.11. The molecule has 0 bridgehead atoms. The summed E-state index contributed by atoms with van der Waals surface area (Å²) in [7, 11) is -3.73. The van der Waals surface area contributed by atoms with Crippen molar-refractivity contribution in [2.75, 3.05) is 10.0 Å². The molecular formula is C14H23N3O2S. The number of nitrogens with one attached hydrogen (secondary N) is 2. The van der Waals surface area contributed by atoms with Crippen LogP contribution in [-0.2, 0) is 10.2 Å². The van der Waals surface area contributed by atoms with Crippen molar-refractivity contribution in [3.8, 4) is 0 Å². The van der Waals surface area contributed by atoms with E-state index in [1.54, 1.807) is 12.1 Å². The van der Waals surface area contributed by atoms with E-state index in [1.165, 1.54) is 19.3 Å². The Morgan fingerprint density at radius 1 is 1.15 bits per heavy atom. The van der Waals surface area contributed by atoms with Crippen molar-refractivity contribution in [2.45, 2.75) is 39.2 Å². The predicted octanol–water partition coefficient (Wildman–Crippen LogP) is 2.54. The fraction of sp³-hybridized carbons (Fsp3) is 0.571. The highest BCUT2D eigenvalue weighted by atomic mass is 32.2. The average molecular weight is 297 g/mol. The second-order valence-electron chi connectivity index (χ2n) is 5.78. The molecule has 20 heavy (non-hydrogen) atoms. The Morgan fingerprint density at radius 2 is 1.75 bits per heavy atom. The number of hydrogen-bond acceptors (Lipinski definition) is 3. The van der Waals surface area contributed by atoms with E-state index >= 15 is 0 Å². The summed E-state index contributed by atoms with van der Waals surface area (Å²) in [6.07, 6.45) is 3.75. The lowest BCUT2D eigenvalue weighted by Crippen LogP contribution is -2.37. The molecule has 0 heterocycles. The lowest BCUT2D eigenvalue weighted by Gasteiger charge is -2.36. The predicted molar refractivity (Wildman–Crippen MR) is 82.8 cm³/mol. The van der Waals surface area contributed by atoms with Crippen molar-refractivity contribution in [2.24, 2.45) is 17.0 Å². The van der Waals surface area contributed by atoms with Gasteiger partial charge >= 0.3 is 0 Å². The lowest BCUT2D eigenvalue weighted by atomic mass is 9.78. The van der Waals surface area contributed by atoms with E-state index in [9.17, 15) is 8.42 Å². The van der Waals surface area contributed by atoms with Gasteiger partial charge in [-0.25, -0.2) is 5.14 Å². The van der Waals surface area contributed by atoms with Gasteiger partial charge in [-0.2, -0.15) is 8.42 Å². The summed E-state index contributed by atoms with van der Waals surface area (Å²) in [5.41, 5.74) is 1.40. The van der Waals surface area contributed by atoms with E-state index in [-0.39, 0.29) is 0 Å². The van der Waals surface area contributed by atoms with Crippen molar-refractivity contribution < 1.29 is 8.42 Å². The van der Waals surface area contributed by atoms with Gasteiger partial charge in [0.15, 0.2) is 0 Å². The molecular weight excluding hydrogens is 274 g/mol. The fourth-order valence-electron chi connectivity index (χ4n) is 3.00. The van der Waals surface area contributed by atoms with Crippen LogP contribution in [0.4, 0.5) is 11.4 Å². The number of hydrogen-bond donors (Lipinski definition) is 3. The lowest BCUT2D eigenvalue weighted by molar-refractivity contribution is 0.268. The molecule has 0 amide bonds. The molecule has 0 aromatic heterocycles. The highest BCUT2D eigenvalue weighted by Gasteiger charge is 2.27. The molecule has 1 aliphatic carbocycles. The van der Waals surface area contributed by atoms with Gasteiger partial charge in [-0.05, 0) is 42.9 Å². The minimum Gasteiger partial charge on any atom is -0.382 e. The minimum absolute atomic E-state index is 0.425. The Bertz CT molecular complexity index is 549. The Morgan fingerprint density at radius 3 is 2.35 bits per heavy atom. The van der Waals surface area contributed by atoms with Crippen LogP contribution in [0.1, 0.15) is 33.1 Å². The third kappa shape index (κ3) is 4.11. The highest BCUT2D eigenvalue weighted by Crippen LogP contribution is 2.31. The summed E-state index contributed by atoms with van der Waals surface area (Å²) in [6, 6.07) is 7.64. The van der Waals surface area contributed by atoms with Gasteiger partial charge in [-0.15, -0.1) is 0 Å². The van der Waals surface area contributed by atoms with E-state index in [4.69, 9.17) is 5.14 Å². The van der Waals surface area contributed by atoms with Crippen LogP contribution in [0.2, 0.25) is 0 Å². The zero-order valence-electron chi connectivity index (χ0n) is 12.0. The molecule has 1 aromatic rings. The summed E-state index contributed by atoms with van der Waals surface area (Å²) >= 11 is 0. The van der Waals surface area contributed by atoms with Gasteiger partial charge in [-0.3, -0.25) is 4.72 Å². The largest absolute Gasteiger partial charge is 0.382 e. The van der Waals surface area contributed by atoms with Crippen molar-refractivity contribution in [3.63, 3.8) is 0 Å². The van der Waals surface area contributed by atoms with Crippen LogP contribution in [0.15, 0.2) is 24.3 Å². The number of benzene rings is 1. The highest BCUT2D eigenvalue weighted by molar-refractivity contribution is 7.90. The van der Waals surface area contributed by atoms with Crippen molar-refractivity contribution in [1.29, 1.82) is 0 Å². The minimum atomic E-state index is -3.73. The molecule has 0 spiro atoms. The normalized spacial score (nSPS) is 27.1. The van der Waals surface area contributed by atoms with Gasteiger partial charge in [0, 0.05) is 11.7 Å². The molecule has 4 N–H and O–H groups in total. The van der Waals surface area contributed by atoms with Crippen molar-refractivity contribution in [3.05, 3.63) is 24.3 Å². The van der Waals surface area contributed by atoms with E-state index in [1.807, 2.05) is 12.1 Å². The fourth-order valence-corrected chi connectivity index (χ4v) is 3.45. The molecule has 6 heteroatoms. The first kappa shape index (κ1) is 15.1. The molecule has 1 fully saturated rings. The van der Waals surface area contributed by atoms with Gasteiger partial charge < -0.3 is 5.32 Å². The molecule has 2 atom stereocenters. The molecule has 2 rings (SSSR count). The van der Waals surface area contributed by atoms with Crippen LogP contribution < -0.4 is 15.2 Å². The number of nitrogens with two attached hydrogens (primary N) is 1. The summed E-state index contributed by atoms with van der Waals surface area (Å²) < 4.78 is 24.4. The monoisotopic (exact) mass is 297 g/mol. The van der Waals surface area contributed by atoms with Crippen LogP contribution in [0.5, 0.6) is 0 Å². The van der Waals surface area contributed by atoms with E-state index in [2.05, 4.69) is 23.9 Å². The van der Waals surface area contributed by atoms with Crippen LogP contribution in [0.3, 0.4) is 0 Å². The topological polar surface area (TPSA) is 84.2 Å². The van der Waals surface area contributed by atoms with Gasteiger partial charge in [0.25, 0.3) is 10.2 Å². The smallest absolute Gasteiger partial charge is 0.296 e. The van der Waals surface area contributed by atoms with Gasteiger partial charge in [0.05, 0.1) is 5.69 Å². The maximum atomic E-state index is 11.1. The zero-order valence-corrected chi connectivity index (χ0v) is 12.8. The molecule has 0 aliphatic heterocycles. The molecule has 0 saturated heterocycles. The van der Waals surface area contributed by atoms with E-state index in [0.717, 1.165) is 5.69 Å². The van der Waals surface area contributed by atoms with Gasteiger partial charge in [0.2, 0.25) is 0 Å². The second kappa shape index (κ2) is 6.01. The molecule has 1 aromatic carbocycles. The Kier molecular flexibility index (Phi) is 4.55. The maximum absolute atomic E-state index is 11.1. The molecule has 2 unspecified atom stereocenters. The molecule has 112 valence electrons. The number of anilines is 2. The van der Waals surface area contributed by atoms with E-state index in [0.29, 0.717) is 23.6 Å². The first-order chi connectivity index (χ1) is 9.35. The first-order valence-corrected chi connectivity index (χ1v) is 8.57. The third-order valence-electron chi connectivity index (χ3n) is 4.00. The summed E-state index contributed by atoms with van der Waals surface area (Å²) in [5.74, 6) is 1.24. The summed E-state index contributed by atoms with van der Waals surface area (Å²) in [4.78, 5) is 0. The Labute approximate surface area is 121 Å². The molecule has 5 nitrogen and oxygen atoms in total. The Hall–Kier alpha value is -1.27. The van der Waals surface area contributed by atoms with Crippen LogP contribution in [0, 0.1) is 11.8 Å². The second-order valence-corrected chi connectivity index (χ2v) is 7.08. The molecule has 1 saturated carbocycles. The van der Waals surface area contributed by atoms with Crippen LogP contribution >= 0.6 is 0 Å². The van der Waals surface area contributed by atoms with Crippen molar-refractivity contribution in [1.82, 2.24) is 0 Å².